The molecule has 2 atom stereocenters. The van der Waals surface area contributed by atoms with Gasteiger partial charge in [0, 0.05) is 13.0 Å². The zero-order valence-electron chi connectivity index (χ0n) is 11.4. The van der Waals surface area contributed by atoms with Crippen LogP contribution in [0.4, 0.5) is 0 Å². The molecule has 0 radical (unpaired) electrons. The number of carbonyl (C=O) groups is 1. The molecule has 106 valence electrons. The van der Waals surface area contributed by atoms with Gasteiger partial charge in [0.1, 0.15) is 18.8 Å². The second kappa shape index (κ2) is 7.23. The predicted molar refractivity (Wildman–Crippen MR) is 70.5 cm³/mol. The average Bonchev–Trinajstić information content (AvgIpc) is 2.90. The summed E-state index contributed by atoms with van der Waals surface area (Å²) in [7, 11) is 0. The first kappa shape index (κ1) is 14.0. The van der Waals surface area contributed by atoms with Gasteiger partial charge in [-0.3, -0.25) is 9.89 Å². The Labute approximate surface area is 113 Å². The minimum absolute atomic E-state index is 0.0576. The van der Waals surface area contributed by atoms with Gasteiger partial charge in [0.25, 0.3) is 0 Å². The third kappa shape index (κ3) is 4.98. The van der Waals surface area contributed by atoms with E-state index < -0.39 is 0 Å². The number of aromatic nitrogens is 3. The van der Waals surface area contributed by atoms with Gasteiger partial charge >= 0.3 is 0 Å². The molecule has 19 heavy (non-hydrogen) atoms. The van der Waals surface area contributed by atoms with Crippen LogP contribution in [0.2, 0.25) is 0 Å². The Morgan fingerprint density at radius 1 is 1.58 bits per heavy atom. The SMILES string of the molecule is C[C@H]1CCC[C@H](OCC(=O)NCCc2ncn[nH]2)C1. The number of hydrogen-bond acceptors (Lipinski definition) is 4. The first-order valence-electron chi connectivity index (χ1n) is 6.96. The molecule has 0 aromatic carbocycles. The fourth-order valence-electron chi connectivity index (χ4n) is 2.45. The van der Waals surface area contributed by atoms with Crippen molar-refractivity contribution in [2.24, 2.45) is 5.92 Å². The molecular weight excluding hydrogens is 244 g/mol. The maximum atomic E-state index is 11.6. The van der Waals surface area contributed by atoms with E-state index in [4.69, 9.17) is 4.74 Å². The lowest BCUT2D eigenvalue weighted by Crippen LogP contribution is -2.32. The van der Waals surface area contributed by atoms with E-state index in [-0.39, 0.29) is 18.6 Å². The molecule has 1 aliphatic rings. The molecule has 2 N–H and O–H groups in total. The molecule has 1 aliphatic carbocycles. The topological polar surface area (TPSA) is 79.9 Å². The number of amides is 1. The maximum Gasteiger partial charge on any atom is 0.246 e. The van der Waals surface area contributed by atoms with Crippen molar-refractivity contribution in [3.05, 3.63) is 12.2 Å². The molecule has 0 bridgehead atoms. The number of hydrogen-bond donors (Lipinski definition) is 2. The lowest BCUT2D eigenvalue weighted by Gasteiger charge is -2.26. The second-order valence-corrected chi connectivity index (χ2v) is 5.24. The highest BCUT2D eigenvalue weighted by Gasteiger charge is 2.19. The van der Waals surface area contributed by atoms with E-state index in [1.807, 2.05) is 0 Å². The van der Waals surface area contributed by atoms with Crippen molar-refractivity contribution in [1.82, 2.24) is 20.5 Å². The highest BCUT2D eigenvalue weighted by molar-refractivity contribution is 5.77. The third-order valence-electron chi connectivity index (χ3n) is 3.49. The third-order valence-corrected chi connectivity index (χ3v) is 3.49. The van der Waals surface area contributed by atoms with E-state index in [0.29, 0.717) is 18.9 Å². The van der Waals surface area contributed by atoms with Crippen LogP contribution in [0.15, 0.2) is 6.33 Å². The number of aromatic amines is 1. The van der Waals surface area contributed by atoms with Gasteiger partial charge in [0.05, 0.1) is 6.10 Å². The van der Waals surface area contributed by atoms with Crippen LogP contribution in [0.3, 0.4) is 0 Å². The molecule has 0 unspecified atom stereocenters. The van der Waals surface area contributed by atoms with E-state index in [1.165, 1.54) is 19.2 Å². The summed E-state index contributed by atoms with van der Waals surface area (Å²) in [4.78, 5) is 15.6. The molecule has 1 fully saturated rings. The summed E-state index contributed by atoms with van der Waals surface area (Å²) in [6.07, 6.45) is 7.02. The van der Waals surface area contributed by atoms with Crippen LogP contribution in [0.5, 0.6) is 0 Å². The van der Waals surface area contributed by atoms with E-state index in [0.717, 1.165) is 18.7 Å². The summed E-state index contributed by atoms with van der Waals surface area (Å²) in [5.41, 5.74) is 0. The van der Waals surface area contributed by atoms with Gasteiger partial charge in [-0.1, -0.05) is 19.8 Å². The first-order valence-corrected chi connectivity index (χ1v) is 6.96. The van der Waals surface area contributed by atoms with Crippen molar-refractivity contribution in [1.29, 1.82) is 0 Å². The molecule has 0 spiro atoms. The van der Waals surface area contributed by atoms with E-state index >= 15 is 0 Å². The molecule has 2 rings (SSSR count). The fraction of sp³-hybridized carbons (Fsp3) is 0.769. The van der Waals surface area contributed by atoms with Crippen LogP contribution in [0.1, 0.15) is 38.4 Å². The van der Waals surface area contributed by atoms with Crippen molar-refractivity contribution in [2.75, 3.05) is 13.2 Å². The Bertz CT molecular complexity index is 380. The zero-order chi connectivity index (χ0) is 13.5. The van der Waals surface area contributed by atoms with Crippen molar-refractivity contribution >= 4 is 5.91 Å². The van der Waals surface area contributed by atoms with Gasteiger partial charge in [0.15, 0.2) is 0 Å². The van der Waals surface area contributed by atoms with Crippen LogP contribution in [-0.2, 0) is 16.0 Å². The number of nitrogens with one attached hydrogen (secondary N) is 2. The van der Waals surface area contributed by atoms with Crippen molar-refractivity contribution in [3.8, 4) is 0 Å². The summed E-state index contributed by atoms with van der Waals surface area (Å²) in [6.45, 7) is 2.96. The highest BCUT2D eigenvalue weighted by Crippen LogP contribution is 2.25. The molecule has 6 heteroatoms. The zero-order valence-corrected chi connectivity index (χ0v) is 11.4. The fourth-order valence-corrected chi connectivity index (χ4v) is 2.45. The lowest BCUT2D eigenvalue weighted by atomic mass is 9.89. The highest BCUT2D eigenvalue weighted by atomic mass is 16.5. The second-order valence-electron chi connectivity index (χ2n) is 5.24. The smallest absolute Gasteiger partial charge is 0.246 e. The van der Waals surface area contributed by atoms with Crippen molar-refractivity contribution in [2.45, 2.75) is 45.1 Å². The molecule has 6 nitrogen and oxygen atoms in total. The first-order chi connectivity index (χ1) is 9.24. The van der Waals surface area contributed by atoms with Gasteiger partial charge in [-0.2, -0.15) is 5.10 Å². The van der Waals surface area contributed by atoms with Gasteiger partial charge in [0.2, 0.25) is 5.91 Å². The van der Waals surface area contributed by atoms with E-state index in [9.17, 15) is 4.79 Å². The number of nitrogens with zero attached hydrogens (tertiary/aromatic N) is 2. The summed E-state index contributed by atoms with van der Waals surface area (Å²) >= 11 is 0. The summed E-state index contributed by atoms with van der Waals surface area (Å²) in [5, 5.41) is 9.33. The minimum Gasteiger partial charge on any atom is -0.368 e. The number of rotatable bonds is 6. The summed E-state index contributed by atoms with van der Waals surface area (Å²) in [5.74, 6) is 1.44. The Morgan fingerprint density at radius 2 is 2.47 bits per heavy atom. The molecule has 1 aromatic rings. The van der Waals surface area contributed by atoms with Crippen LogP contribution < -0.4 is 5.32 Å². The van der Waals surface area contributed by atoms with E-state index in [1.54, 1.807) is 0 Å². The Kier molecular flexibility index (Phi) is 5.32. The maximum absolute atomic E-state index is 11.6. The lowest BCUT2D eigenvalue weighted by molar-refractivity contribution is -0.128. The Balaban J connectivity index is 1.56. The number of carbonyl (C=O) groups excluding carboxylic acids is 1. The average molecular weight is 266 g/mol. The molecule has 1 heterocycles. The van der Waals surface area contributed by atoms with Crippen LogP contribution in [0, 0.1) is 5.92 Å². The molecule has 1 aromatic heterocycles. The van der Waals surface area contributed by atoms with Crippen LogP contribution in [0.25, 0.3) is 0 Å². The van der Waals surface area contributed by atoms with E-state index in [2.05, 4.69) is 27.4 Å². The van der Waals surface area contributed by atoms with Crippen LogP contribution in [-0.4, -0.2) is 40.3 Å². The number of H-pyrrole nitrogens is 1. The van der Waals surface area contributed by atoms with Crippen LogP contribution >= 0.6 is 0 Å². The minimum atomic E-state index is -0.0576. The van der Waals surface area contributed by atoms with Crippen molar-refractivity contribution < 1.29 is 9.53 Å². The largest absolute Gasteiger partial charge is 0.368 e. The Morgan fingerprint density at radius 3 is 3.21 bits per heavy atom. The molecular formula is C13H22N4O2. The normalized spacial score (nSPS) is 23.2. The predicted octanol–water partition coefficient (Wildman–Crippen LogP) is 1.06. The van der Waals surface area contributed by atoms with Gasteiger partial charge in [-0.05, 0) is 18.8 Å². The summed E-state index contributed by atoms with van der Waals surface area (Å²) in [6, 6.07) is 0. The molecule has 0 saturated heterocycles. The van der Waals surface area contributed by atoms with Gasteiger partial charge in [-0.25, -0.2) is 4.98 Å². The molecule has 1 amide bonds. The Hall–Kier alpha value is -1.43. The number of ether oxygens (including phenoxy) is 1. The van der Waals surface area contributed by atoms with Crippen molar-refractivity contribution in [3.63, 3.8) is 0 Å². The summed E-state index contributed by atoms with van der Waals surface area (Å²) < 4.78 is 5.66. The van der Waals surface area contributed by atoms with Gasteiger partial charge < -0.3 is 10.1 Å². The monoisotopic (exact) mass is 266 g/mol. The molecule has 1 saturated carbocycles. The standard InChI is InChI=1S/C13H22N4O2/c1-10-3-2-4-11(7-10)19-8-13(18)14-6-5-12-15-9-16-17-12/h9-11H,2-8H2,1H3,(H,14,18)(H,15,16,17)/t10-,11-/m0/s1. The van der Waals surface area contributed by atoms with Gasteiger partial charge in [-0.15, -0.1) is 0 Å². The molecule has 0 aliphatic heterocycles. The quantitative estimate of drug-likeness (QED) is 0.807.